The van der Waals surface area contributed by atoms with E-state index >= 15 is 0 Å². The van der Waals surface area contributed by atoms with E-state index in [1.807, 2.05) is 0 Å². The first kappa shape index (κ1) is 56.2. The van der Waals surface area contributed by atoms with Gasteiger partial charge >= 0.3 is 19.8 Å². The Kier molecular flexibility index (Phi) is 39.9. The summed E-state index contributed by atoms with van der Waals surface area (Å²) < 4.78 is 26.8. The predicted octanol–water partition coefficient (Wildman–Crippen LogP) is 11.9. The van der Waals surface area contributed by atoms with Crippen LogP contribution in [0.15, 0.2) is 60.8 Å². The molecule has 11 nitrogen and oxygen atoms in total. The van der Waals surface area contributed by atoms with Crippen LogP contribution in [-0.2, 0) is 32.7 Å². The van der Waals surface area contributed by atoms with Crippen LogP contribution in [0.25, 0.3) is 0 Å². The van der Waals surface area contributed by atoms with Gasteiger partial charge in [-0.2, -0.15) is 0 Å². The molecule has 0 rings (SSSR count). The highest BCUT2D eigenvalue weighted by atomic mass is 31.2. The summed E-state index contributed by atoms with van der Waals surface area (Å²) in [6.07, 6.45) is 48.1. The molecule has 0 aromatic heterocycles. The normalized spacial score (nSPS) is 14.2. The second-order valence-electron chi connectivity index (χ2n) is 15.2. The van der Waals surface area contributed by atoms with Gasteiger partial charge < -0.3 is 25.2 Å². The molecule has 340 valence electrons. The highest BCUT2D eigenvalue weighted by molar-refractivity contribution is 7.47. The first-order valence-electron chi connectivity index (χ1n) is 22.8. The summed E-state index contributed by atoms with van der Waals surface area (Å²) in [5.41, 5.74) is 0. The van der Waals surface area contributed by atoms with Crippen LogP contribution < -0.4 is 5.32 Å². The molecule has 0 aliphatic rings. The van der Waals surface area contributed by atoms with Crippen LogP contribution in [0.3, 0.4) is 0 Å². The number of nitrogens with one attached hydrogen (secondary N) is 1. The first-order valence-corrected chi connectivity index (χ1v) is 24.3. The Hall–Kier alpha value is -2.82. The third kappa shape index (κ3) is 41.7. The summed E-state index contributed by atoms with van der Waals surface area (Å²) in [6, 6.07) is -1.56. The van der Waals surface area contributed by atoms with E-state index in [1.54, 1.807) is 0 Å². The fourth-order valence-electron chi connectivity index (χ4n) is 5.94. The number of rotatable bonds is 42. The lowest BCUT2D eigenvalue weighted by molar-refractivity contribution is -0.147. The number of aliphatic hydroxyl groups is 1. The number of aliphatic carboxylic acids is 1. The Morgan fingerprint density at radius 3 is 1.44 bits per heavy atom. The lowest BCUT2D eigenvalue weighted by Gasteiger charge is -2.18. The van der Waals surface area contributed by atoms with E-state index in [4.69, 9.17) is 13.8 Å². The summed E-state index contributed by atoms with van der Waals surface area (Å²) in [5, 5.41) is 21.8. The van der Waals surface area contributed by atoms with E-state index in [-0.39, 0.29) is 12.8 Å². The highest BCUT2D eigenvalue weighted by Crippen LogP contribution is 2.43. The number of phosphoric acid groups is 1. The summed E-state index contributed by atoms with van der Waals surface area (Å²) >= 11 is 0. The lowest BCUT2D eigenvalue weighted by atomic mass is 10.1. The fourth-order valence-corrected chi connectivity index (χ4v) is 6.71. The third-order valence-electron chi connectivity index (χ3n) is 9.53. The quantitative estimate of drug-likeness (QED) is 0.0201. The smallest absolute Gasteiger partial charge is 0.472 e. The molecule has 0 saturated carbocycles. The van der Waals surface area contributed by atoms with Gasteiger partial charge in [0.15, 0.2) is 6.04 Å². The van der Waals surface area contributed by atoms with Gasteiger partial charge in [0, 0.05) is 12.8 Å². The lowest BCUT2D eigenvalue weighted by Crippen LogP contribution is -2.43. The molecule has 3 unspecified atom stereocenters. The molecule has 4 N–H and O–H groups in total. The standard InChI is InChI=1S/C47H82NO10P/c1-3-5-7-9-11-13-15-17-19-20-21-22-23-24-25-26-28-30-32-34-36-38-45(50)48-44(47(52)53)42-58-59(54,55)57-41-43(49)40-56-46(51)39-37-35-33-31-29-27-18-16-14-12-10-8-6-4-2/h11,13,16-19,21-22,24-25,43-44,49H,3-10,12,14-15,20,23,26-42H2,1-2H3,(H,48,50)(H,52,53)(H,54,55)/b13-11-,18-16-,19-17-,22-21-,25-24-. The van der Waals surface area contributed by atoms with Gasteiger partial charge in [-0.25, -0.2) is 9.36 Å². The van der Waals surface area contributed by atoms with Crippen LogP contribution >= 0.6 is 7.82 Å². The second-order valence-corrected chi connectivity index (χ2v) is 16.7. The van der Waals surface area contributed by atoms with E-state index in [0.717, 1.165) is 89.9 Å². The Labute approximate surface area is 357 Å². The molecule has 0 heterocycles. The van der Waals surface area contributed by atoms with Crippen molar-refractivity contribution >= 4 is 25.7 Å². The van der Waals surface area contributed by atoms with Crippen LogP contribution in [0, 0.1) is 0 Å². The monoisotopic (exact) mass is 852 g/mol. The van der Waals surface area contributed by atoms with Crippen molar-refractivity contribution in [2.45, 2.75) is 199 Å². The zero-order valence-corrected chi connectivity index (χ0v) is 37.7. The number of ether oxygens (including phenoxy) is 1. The van der Waals surface area contributed by atoms with Crippen LogP contribution in [0.4, 0.5) is 0 Å². The molecule has 0 radical (unpaired) electrons. The Bertz CT molecular complexity index is 1230. The molecule has 0 spiro atoms. The van der Waals surface area contributed by atoms with Gasteiger partial charge in [0.05, 0.1) is 13.2 Å². The molecule has 1 amide bonds. The van der Waals surface area contributed by atoms with Crippen molar-refractivity contribution in [3.63, 3.8) is 0 Å². The fraction of sp³-hybridized carbons (Fsp3) is 0.723. The van der Waals surface area contributed by atoms with Gasteiger partial charge in [-0.15, -0.1) is 0 Å². The van der Waals surface area contributed by atoms with Crippen LogP contribution in [0.2, 0.25) is 0 Å². The number of hydrogen-bond acceptors (Lipinski definition) is 8. The number of carbonyl (C=O) groups is 3. The zero-order chi connectivity index (χ0) is 43.5. The van der Waals surface area contributed by atoms with Crippen LogP contribution in [0.5, 0.6) is 0 Å². The number of hydrogen-bond donors (Lipinski definition) is 4. The first-order chi connectivity index (χ1) is 28.6. The van der Waals surface area contributed by atoms with E-state index in [9.17, 15) is 34.1 Å². The number of esters is 1. The molecule has 0 bridgehead atoms. The zero-order valence-electron chi connectivity index (χ0n) is 36.8. The molecule has 0 saturated heterocycles. The Balaban J connectivity index is 3.95. The van der Waals surface area contributed by atoms with E-state index in [1.165, 1.54) is 57.8 Å². The summed E-state index contributed by atoms with van der Waals surface area (Å²) in [7, 11) is -4.77. The Morgan fingerprint density at radius 2 is 0.932 bits per heavy atom. The second kappa shape index (κ2) is 41.9. The van der Waals surface area contributed by atoms with Gasteiger partial charge in [-0.3, -0.25) is 18.6 Å². The molecule has 3 atom stereocenters. The number of amides is 1. The topological polar surface area (TPSA) is 169 Å². The van der Waals surface area contributed by atoms with Crippen molar-refractivity contribution in [3.05, 3.63) is 60.8 Å². The number of carboxylic acids is 1. The van der Waals surface area contributed by atoms with Crippen molar-refractivity contribution in [2.75, 3.05) is 19.8 Å². The predicted molar refractivity (Wildman–Crippen MR) is 240 cm³/mol. The number of unbranched alkanes of at least 4 members (excludes halogenated alkanes) is 18. The van der Waals surface area contributed by atoms with Gasteiger partial charge in [0.1, 0.15) is 12.7 Å². The van der Waals surface area contributed by atoms with Crippen molar-refractivity contribution in [1.29, 1.82) is 0 Å². The summed E-state index contributed by atoms with van der Waals surface area (Å²) in [6.45, 7) is 2.53. The van der Waals surface area contributed by atoms with E-state index < -0.39 is 57.6 Å². The molecular formula is C47H82NO10P. The summed E-state index contributed by atoms with van der Waals surface area (Å²) in [4.78, 5) is 45.9. The molecule has 0 aromatic rings. The molecule has 0 aliphatic carbocycles. The van der Waals surface area contributed by atoms with Crippen LogP contribution in [-0.4, -0.2) is 64.9 Å². The van der Waals surface area contributed by atoms with Crippen molar-refractivity contribution in [1.82, 2.24) is 5.32 Å². The van der Waals surface area contributed by atoms with Crippen LogP contribution in [0.1, 0.15) is 187 Å². The molecule has 0 fully saturated rings. The van der Waals surface area contributed by atoms with Crippen molar-refractivity contribution in [3.8, 4) is 0 Å². The number of carbonyl (C=O) groups excluding carboxylic acids is 2. The minimum absolute atomic E-state index is 0.121. The van der Waals surface area contributed by atoms with Crippen molar-refractivity contribution < 1.29 is 47.8 Å². The maximum absolute atomic E-state index is 12.3. The minimum atomic E-state index is -4.77. The molecular weight excluding hydrogens is 769 g/mol. The average Bonchev–Trinajstić information content (AvgIpc) is 3.21. The molecule has 0 aliphatic heterocycles. The van der Waals surface area contributed by atoms with Gasteiger partial charge in [0.25, 0.3) is 0 Å². The number of phosphoric ester groups is 1. The maximum Gasteiger partial charge on any atom is 0.472 e. The Morgan fingerprint density at radius 1 is 0.542 bits per heavy atom. The summed E-state index contributed by atoms with van der Waals surface area (Å²) in [5.74, 6) is -2.41. The third-order valence-corrected chi connectivity index (χ3v) is 10.5. The van der Waals surface area contributed by atoms with Crippen molar-refractivity contribution in [2.24, 2.45) is 0 Å². The van der Waals surface area contributed by atoms with Gasteiger partial charge in [-0.1, -0.05) is 152 Å². The van der Waals surface area contributed by atoms with E-state index in [0.29, 0.717) is 12.8 Å². The highest BCUT2D eigenvalue weighted by Gasteiger charge is 2.28. The molecule has 59 heavy (non-hydrogen) atoms. The number of allylic oxidation sites excluding steroid dienone is 10. The maximum atomic E-state index is 12.3. The van der Waals surface area contributed by atoms with Gasteiger partial charge in [0.2, 0.25) is 5.91 Å². The number of carboxylic acid groups (broad SMARTS) is 1. The number of aliphatic hydroxyl groups excluding tert-OH is 1. The molecule has 12 heteroatoms. The van der Waals surface area contributed by atoms with Gasteiger partial charge in [-0.05, 0) is 83.5 Å². The average molecular weight is 852 g/mol. The van der Waals surface area contributed by atoms with E-state index in [2.05, 4.69) is 79.9 Å². The minimum Gasteiger partial charge on any atom is -0.480 e. The SMILES string of the molecule is CCCCC/C=C\C/C=C\C/C=C\C/C=C\CCCCCCCC(=O)NC(COP(=O)(O)OCC(O)COC(=O)CCCCCCC/C=C\CCCCCCC)C(=O)O. The molecule has 0 aromatic carbocycles. The largest absolute Gasteiger partial charge is 0.480 e.